The minimum absolute atomic E-state index is 0.0832. The second-order valence-corrected chi connectivity index (χ2v) is 5.11. The van der Waals surface area contributed by atoms with Gasteiger partial charge >= 0.3 is 6.18 Å². The zero-order valence-corrected chi connectivity index (χ0v) is 12.8. The molecule has 0 aliphatic rings. The van der Waals surface area contributed by atoms with Crippen molar-refractivity contribution in [3.63, 3.8) is 0 Å². The number of benzene rings is 1. The lowest BCUT2D eigenvalue weighted by Gasteiger charge is -2.23. The first-order valence-electron chi connectivity index (χ1n) is 7.00. The largest absolute Gasteiger partial charge is 0.467 e. The van der Waals surface area contributed by atoms with Gasteiger partial charge in [-0.1, -0.05) is 0 Å². The second-order valence-electron chi connectivity index (χ2n) is 5.11. The second kappa shape index (κ2) is 7.20. The molecule has 24 heavy (non-hydrogen) atoms. The molecule has 0 spiro atoms. The van der Waals surface area contributed by atoms with Crippen LogP contribution in [0.2, 0.25) is 0 Å². The fourth-order valence-electron chi connectivity index (χ4n) is 2.09. The molecular formula is C16H15F3N2O3. The molecule has 1 heterocycles. The number of nitrogens with zero attached hydrogens (tertiary/aromatic N) is 1. The lowest BCUT2D eigenvalue weighted by atomic mass is 10.1. The van der Waals surface area contributed by atoms with Crippen LogP contribution in [0.15, 0.2) is 47.1 Å². The summed E-state index contributed by atoms with van der Waals surface area (Å²) in [5, 5.41) is 2.52. The number of carbonyl (C=O) groups is 2. The van der Waals surface area contributed by atoms with E-state index in [0.717, 1.165) is 0 Å². The van der Waals surface area contributed by atoms with E-state index in [2.05, 4.69) is 5.32 Å². The van der Waals surface area contributed by atoms with Gasteiger partial charge in [-0.15, -0.1) is 0 Å². The summed E-state index contributed by atoms with van der Waals surface area (Å²) in [6.45, 7) is -0.355. The summed E-state index contributed by atoms with van der Waals surface area (Å²) in [4.78, 5) is 24.0. The topological polar surface area (TPSA) is 62.6 Å². The van der Waals surface area contributed by atoms with Crippen LogP contribution in [0.5, 0.6) is 0 Å². The number of hydrogen-bond acceptors (Lipinski definition) is 3. The fourth-order valence-corrected chi connectivity index (χ4v) is 2.09. The van der Waals surface area contributed by atoms with Crippen LogP contribution in [-0.2, 0) is 11.3 Å². The summed E-state index contributed by atoms with van der Waals surface area (Å²) < 4.78 is 43.3. The predicted molar refractivity (Wildman–Crippen MR) is 80.2 cm³/mol. The highest BCUT2D eigenvalue weighted by Crippen LogP contribution is 2.21. The maximum Gasteiger partial charge on any atom is 0.406 e. The Bertz CT molecular complexity index is 694. The number of carbonyl (C=O) groups excluding carboxylic acids is 2. The smallest absolute Gasteiger partial charge is 0.406 e. The van der Waals surface area contributed by atoms with Crippen molar-refractivity contribution < 1.29 is 27.2 Å². The number of nitrogens with one attached hydrogen (secondary N) is 1. The number of alkyl halides is 3. The Morgan fingerprint density at radius 1 is 1.17 bits per heavy atom. The third-order valence-electron chi connectivity index (χ3n) is 3.04. The number of hydrogen-bond donors (Lipinski definition) is 1. The van der Waals surface area contributed by atoms with Crippen LogP contribution in [0.25, 0.3) is 0 Å². The Morgan fingerprint density at radius 2 is 1.83 bits per heavy atom. The lowest BCUT2D eigenvalue weighted by Crippen LogP contribution is -2.38. The van der Waals surface area contributed by atoms with Gasteiger partial charge in [0.1, 0.15) is 12.3 Å². The van der Waals surface area contributed by atoms with Crippen molar-refractivity contribution >= 4 is 17.5 Å². The number of rotatable bonds is 5. The molecule has 5 nitrogen and oxygen atoms in total. The van der Waals surface area contributed by atoms with E-state index in [0.29, 0.717) is 10.6 Å². The molecule has 0 bridgehead atoms. The van der Waals surface area contributed by atoms with Gasteiger partial charge in [-0.05, 0) is 36.4 Å². The van der Waals surface area contributed by atoms with Crippen molar-refractivity contribution in [2.75, 3.05) is 11.9 Å². The maximum absolute atomic E-state index is 12.7. The fraction of sp³-hybridized carbons (Fsp3) is 0.250. The van der Waals surface area contributed by atoms with Crippen LogP contribution in [-0.4, -0.2) is 29.4 Å². The zero-order chi connectivity index (χ0) is 17.7. The van der Waals surface area contributed by atoms with Gasteiger partial charge in [-0.25, -0.2) is 0 Å². The molecule has 0 aliphatic carbocycles. The molecule has 1 N–H and O–H groups in total. The SMILES string of the molecule is CC(=O)Nc1ccc(C(=O)N(Cc2ccco2)CC(F)(F)F)cc1. The summed E-state index contributed by atoms with van der Waals surface area (Å²) in [5.41, 5.74) is 0.535. The van der Waals surface area contributed by atoms with Crippen molar-refractivity contribution in [2.24, 2.45) is 0 Å². The van der Waals surface area contributed by atoms with Gasteiger partial charge < -0.3 is 14.6 Å². The summed E-state index contributed by atoms with van der Waals surface area (Å²) >= 11 is 0. The molecule has 0 radical (unpaired) electrons. The summed E-state index contributed by atoms with van der Waals surface area (Å²) in [6.07, 6.45) is -3.20. The van der Waals surface area contributed by atoms with Gasteiger partial charge in [-0.2, -0.15) is 13.2 Å². The van der Waals surface area contributed by atoms with Crippen molar-refractivity contribution in [2.45, 2.75) is 19.6 Å². The lowest BCUT2D eigenvalue weighted by molar-refractivity contribution is -0.142. The molecule has 8 heteroatoms. The standard InChI is InChI=1S/C16H15F3N2O3/c1-11(22)20-13-6-4-12(5-7-13)15(23)21(10-16(17,18)19)9-14-3-2-8-24-14/h2-8H,9-10H2,1H3,(H,20,22). The first-order chi connectivity index (χ1) is 11.2. The van der Waals surface area contributed by atoms with Crippen molar-refractivity contribution in [1.29, 1.82) is 0 Å². The number of anilines is 1. The van der Waals surface area contributed by atoms with E-state index in [1.807, 2.05) is 0 Å². The Labute approximate surface area is 136 Å². The molecule has 0 saturated heterocycles. The van der Waals surface area contributed by atoms with Crippen molar-refractivity contribution in [1.82, 2.24) is 4.90 Å². The Hall–Kier alpha value is -2.77. The molecule has 0 fully saturated rings. The monoisotopic (exact) mass is 340 g/mol. The van der Waals surface area contributed by atoms with Crippen LogP contribution < -0.4 is 5.32 Å². The third-order valence-corrected chi connectivity index (χ3v) is 3.04. The van der Waals surface area contributed by atoms with E-state index in [1.165, 1.54) is 49.6 Å². The average molecular weight is 340 g/mol. The Kier molecular flexibility index (Phi) is 5.28. The first kappa shape index (κ1) is 17.6. The van der Waals surface area contributed by atoms with Crippen LogP contribution in [0.4, 0.5) is 18.9 Å². The van der Waals surface area contributed by atoms with E-state index in [-0.39, 0.29) is 23.8 Å². The molecule has 1 aromatic carbocycles. The van der Waals surface area contributed by atoms with Crippen molar-refractivity contribution in [3.8, 4) is 0 Å². The molecule has 128 valence electrons. The van der Waals surface area contributed by atoms with Crippen LogP contribution in [0.3, 0.4) is 0 Å². The minimum atomic E-state index is -4.53. The molecule has 2 rings (SSSR count). The summed E-state index contributed by atoms with van der Waals surface area (Å²) in [7, 11) is 0. The van der Waals surface area contributed by atoms with Crippen LogP contribution in [0.1, 0.15) is 23.0 Å². The normalized spacial score (nSPS) is 11.2. The van der Waals surface area contributed by atoms with Gasteiger partial charge in [0.15, 0.2) is 0 Å². The molecular weight excluding hydrogens is 325 g/mol. The molecule has 0 atom stereocenters. The Morgan fingerprint density at radius 3 is 2.33 bits per heavy atom. The maximum atomic E-state index is 12.7. The predicted octanol–water partition coefficient (Wildman–Crippen LogP) is 3.44. The number of amides is 2. The average Bonchev–Trinajstić information content (AvgIpc) is 2.97. The highest BCUT2D eigenvalue weighted by molar-refractivity contribution is 5.95. The zero-order valence-electron chi connectivity index (χ0n) is 12.8. The molecule has 0 aliphatic heterocycles. The molecule has 1 aromatic heterocycles. The van der Waals surface area contributed by atoms with E-state index in [1.54, 1.807) is 0 Å². The Balaban J connectivity index is 2.18. The molecule has 0 saturated carbocycles. The molecule has 2 amide bonds. The highest BCUT2D eigenvalue weighted by Gasteiger charge is 2.33. The van der Waals surface area contributed by atoms with Gasteiger partial charge in [-0.3, -0.25) is 9.59 Å². The molecule has 2 aromatic rings. The van der Waals surface area contributed by atoms with Crippen LogP contribution in [0, 0.1) is 0 Å². The van der Waals surface area contributed by atoms with Gasteiger partial charge in [0.05, 0.1) is 12.8 Å². The summed E-state index contributed by atoms with van der Waals surface area (Å²) in [6, 6.07) is 8.66. The van der Waals surface area contributed by atoms with E-state index < -0.39 is 18.6 Å². The number of halogens is 3. The quantitative estimate of drug-likeness (QED) is 0.907. The summed E-state index contributed by atoms with van der Waals surface area (Å²) in [5.74, 6) is -0.814. The first-order valence-corrected chi connectivity index (χ1v) is 7.00. The third kappa shape index (κ3) is 5.15. The minimum Gasteiger partial charge on any atom is -0.467 e. The van der Waals surface area contributed by atoms with E-state index >= 15 is 0 Å². The van der Waals surface area contributed by atoms with Gasteiger partial charge in [0.2, 0.25) is 5.91 Å². The highest BCUT2D eigenvalue weighted by atomic mass is 19.4. The van der Waals surface area contributed by atoms with Crippen LogP contribution >= 0.6 is 0 Å². The number of furan rings is 1. The van der Waals surface area contributed by atoms with Gasteiger partial charge in [0.25, 0.3) is 5.91 Å². The van der Waals surface area contributed by atoms with E-state index in [9.17, 15) is 22.8 Å². The van der Waals surface area contributed by atoms with Crippen molar-refractivity contribution in [3.05, 3.63) is 54.0 Å². The van der Waals surface area contributed by atoms with E-state index in [4.69, 9.17) is 4.42 Å². The van der Waals surface area contributed by atoms with Gasteiger partial charge in [0, 0.05) is 18.2 Å². The molecule has 0 unspecified atom stereocenters.